The fourth-order valence-electron chi connectivity index (χ4n) is 3.26. The zero-order chi connectivity index (χ0) is 20.1. The second-order valence-corrected chi connectivity index (χ2v) is 6.57. The molecule has 0 aliphatic carbocycles. The molecule has 4 aromatic rings. The highest BCUT2D eigenvalue weighted by Crippen LogP contribution is 2.18. The Morgan fingerprint density at radius 3 is 2.17 bits per heavy atom. The fraction of sp³-hybridized carbons (Fsp3) is 0.0417. The third kappa shape index (κ3) is 4.14. The van der Waals surface area contributed by atoms with E-state index in [0.717, 1.165) is 27.1 Å². The number of carbonyl (C=O) groups is 2. The molecule has 0 unspecified atom stereocenters. The van der Waals surface area contributed by atoms with Crippen LogP contribution in [-0.4, -0.2) is 24.6 Å². The van der Waals surface area contributed by atoms with Crippen molar-refractivity contribution in [1.82, 2.24) is 10.7 Å². The topological polar surface area (TPSA) is 70.6 Å². The number of benzene rings is 4. The maximum Gasteiger partial charge on any atom is 0.259 e. The number of nitrogens with zero attached hydrogens (tertiary/aromatic N) is 1. The lowest BCUT2D eigenvalue weighted by molar-refractivity contribution is -0.120. The van der Waals surface area contributed by atoms with Gasteiger partial charge in [0.1, 0.15) is 0 Å². The molecule has 0 aliphatic heterocycles. The van der Waals surface area contributed by atoms with E-state index in [0.29, 0.717) is 5.56 Å². The molecule has 0 fully saturated rings. The minimum atomic E-state index is -0.393. The molecular weight excluding hydrogens is 362 g/mol. The molecule has 0 bridgehead atoms. The highest BCUT2D eigenvalue weighted by Gasteiger charge is 2.10. The van der Waals surface area contributed by atoms with Crippen LogP contribution in [0, 0.1) is 0 Å². The summed E-state index contributed by atoms with van der Waals surface area (Å²) >= 11 is 0. The lowest BCUT2D eigenvalue weighted by Crippen LogP contribution is -2.35. The Balaban J connectivity index is 1.37. The quantitative estimate of drug-likeness (QED) is 0.407. The smallest absolute Gasteiger partial charge is 0.259 e. The van der Waals surface area contributed by atoms with Gasteiger partial charge in [0, 0.05) is 11.1 Å². The molecule has 0 aliphatic rings. The van der Waals surface area contributed by atoms with Gasteiger partial charge in [0.05, 0.1) is 12.8 Å². The molecule has 2 N–H and O–H groups in total. The standard InChI is InChI=1S/C24H19N3O2/c28-23(27-26-15-19-11-5-9-17-7-1-3-12-20(17)19)16-25-24(29)22-14-6-10-18-8-2-4-13-21(18)22/h1-15H,16H2,(H,25,29)(H,27,28)/b26-15+. The molecule has 5 heteroatoms. The largest absolute Gasteiger partial charge is 0.343 e. The van der Waals surface area contributed by atoms with Crippen LogP contribution in [0.1, 0.15) is 15.9 Å². The van der Waals surface area contributed by atoms with E-state index in [1.807, 2.05) is 78.9 Å². The van der Waals surface area contributed by atoms with Gasteiger partial charge < -0.3 is 5.32 Å². The van der Waals surface area contributed by atoms with Crippen molar-refractivity contribution in [2.24, 2.45) is 5.10 Å². The van der Waals surface area contributed by atoms with Gasteiger partial charge in [-0.25, -0.2) is 5.43 Å². The van der Waals surface area contributed by atoms with Crippen LogP contribution in [0.25, 0.3) is 21.5 Å². The van der Waals surface area contributed by atoms with E-state index in [4.69, 9.17) is 0 Å². The Labute approximate surface area is 168 Å². The normalized spacial score (nSPS) is 11.0. The van der Waals surface area contributed by atoms with Crippen LogP contribution in [-0.2, 0) is 4.79 Å². The van der Waals surface area contributed by atoms with Crippen molar-refractivity contribution >= 4 is 39.6 Å². The van der Waals surface area contributed by atoms with E-state index in [1.54, 1.807) is 12.3 Å². The summed E-state index contributed by atoms with van der Waals surface area (Å²) in [4.78, 5) is 24.5. The first-order chi connectivity index (χ1) is 14.2. The first kappa shape index (κ1) is 18.4. The number of fused-ring (bicyclic) bond motifs is 2. The van der Waals surface area contributed by atoms with Crippen LogP contribution >= 0.6 is 0 Å². The van der Waals surface area contributed by atoms with Crippen LogP contribution in [0.3, 0.4) is 0 Å². The summed E-state index contributed by atoms with van der Waals surface area (Å²) in [6, 6.07) is 27.0. The van der Waals surface area contributed by atoms with Crippen molar-refractivity contribution in [1.29, 1.82) is 0 Å². The minimum absolute atomic E-state index is 0.158. The highest BCUT2D eigenvalue weighted by atomic mass is 16.2. The third-order valence-corrected chi connectivity index (χ3v) is 4.66. The monoisotopic (exact) mass is 381 g/mol. The summed E-state index contributed by atoms with van der Waals surface area (Å²) in [6.45, 7) is -0.158. The summed E-state index contributed by atoms with van der Waals surface area (Å²) in [5.41, 5.74) is 3.90. The molecule has 0 saturated heterocycles. The van der Waals surface area contributed by atoms with Crippen molar-refractivity contribution in [3.8, 4) is 0 Å². The molecule has 0 aromatic heterocycles. The van der Waals surface area contributed by atoms with Crippen molar-refractivity contribution in [3.63, 3.8) is 0 Å². The van der Waals surface area contributed by atoms with Gasteiger partial charge in [0.2, 0.25) is 0 Å². The van der Waals surface area contributed by atoms with Crippen molar-refractivity contribution in [3.05, 3.63) is 96.1 Å². The SMILES string of the molecule is O=C(CNC(=O)c1cccc2ccccc12)N/N=C/c1cccc2ccccc12. The fourth-order valence-corrected chi connectivity index (χ4v) is 3.26. The van der Waals surface area contributed by atoms with E-state index in [1.165, 1.54) is 0 Å². The first-order valence-electron chi connectivity index (χ1n) is 9.28. The van der Waals surface area contributed by atoms with Crippen LogP contribution in [0.15, 0.2) is 90.0 Å². The molecule has 0 spiro atoms. The summed E-state index contributed by atoms with van der Waals surface area (Å²) in [5, 5.41) is 10.6. The Morgan fingerprint density at radius 2 is 1.38 bits per heavy atom. The van der Waals surface area contributed by atoms with Crippen molar-refractivity contribution in [2.75, 3.05) is 6.54 Å². The van der Waals surface area contributed by atoms with Gasteiger partial charge in [-0.2, -0.15) is 5.10 Å². The van der Waals surface area contributed by atoms with E-state index in [2.05, 4.69) is 15.8 Å². The zero-order valence-electron chi connectivity index (χ0n) is 15.6. The predicted molar refractivity (Wildman–Crippen MR) is 116 cm³/mol. The number of nitrogens with one attached hydrogen (secondary N) is 2. The second kappa shape index (κ2) is 8.35. The van der Waals surface area contributed by atoms with E-state index in [9.17, 15) is 9.59 Å². The minimum Gasteiger partial charge on any atom is -0.343 e. The maximum absolute atomic E-state index is 12.5. The third-order valence-electron chi connectivity index (χ3n) is 4.66. The number of carbonyl (C=O) groups excluding carboxylic acids is 2. The molecule has 2 amide bonds. The molecule has 0 radical (unpaired) electrons. The molecule has 142 valence electrons. The Bertz CT molecular complexity index is 1220. The van der Waals surface area contributed by atoms with Crippen LogP contribution in [0.2, 0.25) is 0 Å². The number of hydrazone groups is 1. The van der Waals surface area contributed by atoms with Gasteiger partial charge >= 0.3 is 0 Å². The highest BCUT2D eigenvalue weighted by molar-refractivity contribution is 6.07. The number of hydrogen-bond acceptors (Lipinski definition) is 3. The molecule has 5 nitrogen and oxygen atoms in total. The van der Waals surface area contributed by atoms with E-state index in [-0.39, 0.29) is 12.5 Å². The van der Waals surface area contributed by atoms with Crippen LogP contribution in [0.4, 0.5) is 0 Å². The van der Waals surface area contributed by atoms with Crippen molar-refractivity contribution < 1.29 is 9.59 Å². The lowest BCUT2D eigenvalue weighted by Gasteiger charge is -2.07. The molecule has 29 heavy (non-hydrogen) atoms. The van der Waals surface area contributed by atoms with Crippen LogP contribution in [0.5, 0.6) is 0 Å². The van der Waals surface area contributed by atoms with Crippen LogP contribution < -0.4 is 10.7 Å². The molecule has 0 saturated carbocycles. The summed E-state index contributed by atoms with van der Waals surface area (Å²) in [6.07, 6.45) is 1.60. The Morgan fingerprint density at radius 1 is 0.759 bits per heavy atom. The zero-order valence-corrected chi connectivity index (χ0v) is 15.6. The Kier molecular flexibility index (Phi) is 5.29. The van der Waals surface area contributed by atoms with E-state index >= 15 is 0 Å². The summed E-state index contributed by atoms with van der Waals surface area (Å²) in [7, 11) is 0. The average Bonchev–Trinajstić information content (AvgIpc) is 2.77. The second-order valence-electron chi connectivity index (χ2n) is 6.57. The predicted octanol–water partition coefficient (Wildman–Crippen LogP) is 3.87. The maximum atomic E-state index is 12.5. The molecule has 4 rings (SSSR count). The van der Waals surface area contributed by atoms with E-state index < -0.39 is 5.91 Å². The molecular formula is C24H19N3O2. The van der Waals surface area contributed by atoms with Gasteiger partial charge in [-0.3, -0.25) is 9.59 Å². The number of rotatable bonds is 5. The average molecular weight is 381 g/mol. The summed E-state index contributed by atoms with van der Waals surface area (Å²) < 4.78 is 0. The van der Waals surface area contributed by atoms with Gasteiger partial charge in [0.25, 0.3) is 11.8 Å². The van der Waals surface area contributed by atoms with Gasteiger partial charge in [-0.05, 0) is 27.6 Å². The molecule has 0 atom stereocenters. The van der Waals surface area contributed by atoms with Crippen molar-refractivity contribution in [2.45, 2.75) is 0 Å². The Hall–Kier alpha value is -3.99. The van der Waals surface area contributed by atoms with Gasteiger partial charge in [-0.15, -0.1) is 0 Å². The molecule has 4 aromatic carbocycles. The summed E-state index contributed by atoms with van der Waals surface area (Å²) in [5.74, 6) is -0.690. The van der Waals surface area contributed by atoms with Gasteiger partial charge in [-0.1, -0.05) is 78.9 Å². The lowest BCUT2D eigenvalue weighted by atomic mass is 10.0. The van der Waals surface area contributed by atoms with Gasteiger partial charge in [0.15, 0.2) is 0 Å². The first-order valence-corrected chi connectivity index (χ1v) is 9.28. The molecule has 0 heterocycles. The number of hydrogen-bond donors (Lipinski definition) is 2. The number of amides is 2.